The van der Waals surface area contributed by atoms with E-state index < -0.39 is 10.0 Å². The second-order valence-corrected chi connectivity index (χ2v) is 7.48. The Balaban J connectivity index is 2.28. The molecule has 0 aromatic heterocycles. The highest BCUT2D eigenvalue weighted by atomic mass is 35.5. The Hall–Kier alpha value is -0.620. The van der Waals surface area contributed by atoms with Crippen LogP contribution in [-0.4, -0.2) is 37.9 Å². The van der Waals surface area contributed by atoms with Crippen molar-refractivity contribution in [3.8, 4) is 0 Å². The summed E-state index contributed by atoms with van der Waals surface area (Å²) < 4.78 is 26.4. The van der Waals surface area contributed by atoms with Crippen LogP contribution in [-0.2, 0) is 10.0 Å². The molecule has 0 aliphatic carbocycles. The van der Waals surface area contributed by atoms with Crippen molar-refractivity contribution in [1.29, 1.82) is 0 Å². The summed E-state index contributed by atoms with van der Waals surface area (Å²) >= 11 is 5.77. The molecule has 6 heteroatoms. The summed E-state index contributed by atoms with van der Waals surface area (Å²) in [5, 5.41) is 3.83. The first-order valence-corrected chi connectivity index (χ1v) is 7.64. The van der Waals surface area contributed by atoms with Crippen molar-refractivity contribution in [1.82, 2.24) is 9.62 Å². The highest BCUT2D eigenvalue weighted by molar-refractivity contribution is 7.89. The summed E-state index contributed by atoms with van der Waals surface area (Å²) in [6, 6.07) is 6.29. The smallest absolute Gasteiger partial charge is 0.243 e. The van der Waals surface area contributed by atoms with E-state index in [0.717, 1.165) is 0 Å². The van der Waals surface area contributed by atoms with Gasteiger partial charge in [0.1, 0.15) is 0 Å². The number of hydrogen-bond acceptors (Lipinski definition) is 3. The second kappa shape index (κ2) is 4.81. The maximum absolute atomic E-state index is 12.4. The molecule has 2 rings (SSSR count). The van der Waals surface area contributed by atoms with Gasteiger partial charge in [-0.2, -0.15) is 4.31 Å². The summed E-state index contributed by atoms with van der Waals surface area (Å²) in [7, 11) is -3.42. The molecule has 1 N–H and O–H groups in total. The maximum Gasteiger partial charge on any atom is 0.243 e. The molecule has 0 amide bonds. The number of halogens is 1. The number of nitrogens with zero attached hydrogens (tertiary/aromatic N) is 1. The molecule has 1 aromatic rings. The molecule has 1 fully saturated rings. The lowest BCUT2D eigenvalue weighted by Gasteiger charge is -2.38. The number of benzene rings is 1. The first-order chi connectivity index (χ1) is 8.31. The van der Waals surface area contributed by atoms with Crippen LogP contribution in [0.5, 0.6) is 0 Å². The topological polar surface area (TPSA) is 49.4 Å². The minimum atomic E-state index is -3.42. The van der Waals surface area contributed by atoms with Crippen molar-refractivity contribution in [3.63, 3.8) is 0 Å². The van der Waals surface area contributed by atoms with Crippen molar-refractivity contribution < 1.29 is 8.42 Å². The first kappa shape index (κ1) is 13.8. The molecular weight excluding hydrogens is 272 g/mol. The molecule has 1 aliphatic heterocycles. The Morgan fingerprint density at radius 2 is 1.89 bits per heavy atom. The van der Waals surface area contributed by atoms with Crippen LogP contribution in [0.25, 0.3) is 0 Å². The molecule has 0 saturated carbocycles. The fraction of sp³-hybridized carbons (Fsp3) is 0.500. The van der Waals surface area contributed by atoms with Gasteiger partial charge in [0.15, 0.2) is 0 Å². The fourth-order valence-corrected chi connectivity index (χ4v) is 3.78. The summed E-state index contributed by atoms with van der Waals surface area (Å²) in [4.78, 5) is 0.296. The van der Waals surface area contributed by atoms with E-state index in [-0.39, 0.29) is 5.54 Å². The van der Waals surface area contributed by atoms with E-state index in [1.54, 1.807) is 24.3 Å². The van der Waals surface area contributed by atoms with E-state index in [0.29, 0.717) is 29.6 Å². The van der Waals surface area contributed by atoms with E-state index in [4.69, 9.17) is 11.6 Å². The number of rotatable bonds is 2. The number of nitrogens with one attached hydrogen (secondary N) is 1. The van der Waals surface area contributed by atoms with E-state index in [1.165, 1.54) is 4.31 Å². The average Bonchev–Trinajstić information content (AvgIpc) is 2.28. The predicted molar refractivity (Wildman–Crippen MR) is 72.3 cm³/mol. The van der Waals surface area contributed by atoms with Crippen molar-refractivity contribution in [3.05, 3.63) is 29.3 Å². The summed E-state index contributed by atoms with van der Waals surface area (Å²) in [5.41, 5.74) is -0.197. The molecule has 100 valence electrons. The van der Waals surface area contributed by atoms with Crippen LogP contribution in [0.3, 0.4) is 0 Å². The first-order valence-electron chi connectivity index (χ1n) is 5.82. The molecule has 0 bridgehead atoms. The highest BCUT2D eigenvalue weighted by Crippen LogP contribution is 2.21. The molecule has 1 aromatic carbocycles. The Morgan fingerprint density at radius 1 is 1.28 bits per heavy atom. The van der Waals surface area contributed by atoms with E-state index in [2.05, 4.69) is 5.32 Å². The van der Waals surface area contributed by atoms with Crippen LogP contribution in [0.4, 0.5) is 0 Å². The van der Waals surface area contributed by atoms with Gasteiger partial charge in [0.25, 0.3) is 0 Å². The van der Waals surface area contributed by atoms with Gasteiger partial charge in [-0.25, -0.2) is 8.42 Å². The molecule has 0 radical (unpaired) electrons. The summed E-state index contributed by atoms with van der Waals surface area (Å²) in [6.45, 7) is 5.62. The number of sulfonamides is 1. The third-order valence-corrected chi connectivity index (χ3v) is 5.10. The molecule has 0 atom stereocenters. The molecule has 1 saturated heterocycles. The van der Waals surface area contributed by atoms with Gasteiger partial charge in [0.05, 0.1) is 4.90 Å². The van der Waals surface area contributed by atoms with Crippen LogP contribution < -0.4 is 5.32 Å². The Morgan fingerprint density at radius 3 is 2.44 bits per heavy atom. The molecule has 18 heavy (non-hydrogen) atoms. The zero-order valence-corrected chi connectivity index (χ0v) is 12.1. The van der Waals surface area contributed by atoms with Crippen LogP contribution >= 0.6 is 11.6 Å². The summed E-state index contributed by atoms with van der Waals surface area (Å²) in [5.74, 6) is 0. The minimum Gasteiger partial charge on any atom is -0.309 e. The minimum absolute atomic E-state index is 0.197. The monoisotopic (exact) mass is 288 g/mol. The maximum atomic E-state index is 12.4. The van der Waals surface area contributed by atoms with Crippen molar-refractivity contribution >= 4 is 21.6 Å². The van der Waals surface area contributed by atoms with Crippen LogP contribution in [0.1, 0.15) is 13.8 Å². The lowest BCUT2D eigenvalue weighted by molar-refractivity contribution is 0.233. The number of hydrogen-bond donors (Lipinski definition) is 1. The zero-order chi connectivity index (χ0) is 13.4. The molecular formula is C12H17ClN2O2S. The molecule has 1 aliphatic rings. The standard InChI is InChI=1S/C12H17ClN2O2S/c1-12(2)9-15(8-7-14-12)18(16,17)11-5-3-10(13)4-6-11/h3-6,14H,7-9H2,1-2H3. The van der Waals surface area contributed by atoms with Gasteiger partial charge in [0.2, 0.25) is 10.0 Å². The van der Waals surface area contributed by atoms with Gasteiger partial charge in [-0.1, -0.05) is 11.6 Å². The third-order valence-electron chi connectivity index (χ3n) is 2.99. The van der Waals surface area contributed by atoms with Gasteiger partial charge >= 0.3 is 0 Å². The predicted octanol–water partition coefficient (Wildman–Crippen LogP) is 1.71. The lowest BCUT2D eigenvalue weighted by Crippen LogP contribution is -2.58. The SMILES string of the molecule is CC1(C)CN(S(=O)(=O)c2ccc(Cl)cc2)CCN1. The zero-order valence-electron chi connectivity index (χ0n) is 10.5. The third kappa shape index (κ3) is 2.85. The van der Waals surface area contributed by atoms with E-state index in [1.807, 2.05) is 13.8 Å². The lowest BCUT2D eigenvalue weighted by atomic mass is 10.0. The molecule has 0 unspecified atom stereocenters. The van der Waals surface area contributed by atoms with Gasteiger partial charge in [-0.05, 0) is 38.1 Å². The second-order valence-electron chi connectivity index (χ2n) is 5.10. The Labute approximate surface area is 113 Å². The average molecular weight is 289 g/mol. The van der Waals surface area contributed by atoms with Crippen molar-refractivity contribution in [2.45, 2.75) is 24.3 Å². The van der Waals surface area contributed by atoms with Gasteiger partial charge in [-0.15, -0.1) is 0 Å². The van der Waals surface area contributed by atoms with E-state index in [9.17, 15) is 8.42 Å². The van der Waals surface area contributed by atoms with Crippen LogP contribution in [0.2, 0.25) is 5.02 Å². The Kier molecular flexibility index (Phi) is 3.69. The van der Waals surface area contributed by atoms with Gasteiger partial charge < -0.3 is 5.32 Å². The van der Waals surface area contributed by atoms with Crippen LogP contribution in [0.15, 0.2) is 29.2 Å². The largest absolute Gasteiger partial charge is 0.309 e. The quantitative estimate of drug-likeness (QED) is 0.901. The van der Waals surface area contributed by atoms with Gasteiger partial charge in [0, 0.05) is 30.2 Å². The number of piperazine rings is 1. The summed E-state index contributed by atoms with van der Waals surface area (Å²) in [6.07, 6.45) is 0. The van der Waals surface area contributed by atoms with Crippen molar-refractivity contribution in [2.24, 2.45) is 0 Å². The van der Waals surface area contributed by atoms with Crippen LogP contribution in [0, 0.1) is 0 Å². The normalized spacial score (nSPS) is 20.8. The highest BCUT2D eigenvalue weighted by Gasteiger charge is 2.33. The molecule has 0 spiro atoms. The Bertz CT molecular complexity index is 526. The van der Waals surface area contributed by atoms with Gasteiger partial charge in [-0.3, -0.25) is 0 Å². The van der Waals surface area contributed by atoms with E-state index >= 15 is 0 Å². The fourth-order valence-electron chi connectivity index (χ4n) is 2.06. The van der Waals surface area contributed by atoms with Crippen molar-refractivity contribution in [2.75, 3.05) is 19.6 Å². The molecule has 1 heterocycles. The molecule has 4 nitrogen and oxygen atoms in total.